The average molecular weight is 299 g/mol. The van der Waals surface area contributed by atoms with Crippen molar-refractivity contribution in [2.24, 2.45) is 11.7 Å². The highest BCUT2D eigenvalue weighted by molar-refractivity contribution is 5.79. The summed E-state index contributed by atoms with van der Waals surface area (Å²) in [7, 11) is 0. The quantitative estimate of drug-likeness (QED) is 0.565. The molecule has 0 bridgehead atoms. The van der Waals surface area contributed by atoms with Crippen LogP contribution in [0, 0.1) is 5.92 Å². The molecule has 0 aromatic carbocycles. The van der Waals surface area contributed by atoms with Gasteiger partial charge in [-0.25, -0.2) is 4.79 Å². The lowest BCUT2D eigenvalue weighted by Crippen LogP contribution is -2.54. The number of carbonyl (C=O) groups excluding carboxylic acids is 2. The van der Waals surface area contributed by atoms with Crippen molar-refractivity contribution in [3.8, 4) is 0 Å². The van der Waals surface area contributed by atoms with Crippen LogP contribution in [0.2, 0.25) is 0 Å². The maximum absolute atomic E-state index is 12.0. The lowest BCUT2D eigenvalue weighted by molar-refractivity contribution is -0.142. The number of hydrogen-bond acceptors (Lipinski definition) is 3. The number of rotatable bonds is 5. The van der Waals surface area contributed by atoms with Crippen molar-refractivity contribution >= 4 is 17.9 Å². The molecule has 1 fully saturated rings. The van der Waals surface area contributed by atoms with Crippen LogP contribution < -0.4 is 16.4 Å². The normalized spacial score (nSPS) is 23.0. The van der Waals surface area contributed by atoms with Crippen molar-refractivity contribution in [3.63, 3.8) is 0 Å². The highest BCUT2D eigenvalue weighted by atomic mass is 16.4. The summed E-state index contributed by atoms with van der Waals surface area (Å²) in [6.07, 6.45) is 4.00. The Morgan fingerprint density at radius 3 is 2.38 bits per heavy atom. The Hall–Kier alpha value is -1.79. The van der Waals surface area contributed by atoms with Crippen LogP contribution >= 0.6 is 0 Å². The molecule has 7 heteroatoms. The highest BCUT2D eigenvalue weighted by Crippen LogP contribution is 2.24. The highest BCUT2D eigenvalue weighted by Gasteiger charge is 2.32. The molecule has 1 aliphatic rings. The van der Waals surface area contributed by atoms with E-state index in [4.69, 9.17) is 5.73 Å². The van der Waals surface area contributed by atoms with E-state index in [-0.39, 0.29) is 12.5 Å². The molecule has 0 radical (unpaired) electrons. The molecular weight excluding hydrogens is 274 g/mol. The first-order valence-corrected chi connectivity index (χ1v) is 7.31. The second-order valence-electron chi connectivity index (χ2n) is 6.31. The lowest BCUT2D eigenvalue weighted by atomic mass is 9.95. The molecule has 5 N–H and O–H groups in total. The van der Waals surface area contributed by atoms with Crippen molar-refractivity contribution in [2.45, 2.75) is 64.0 Å². The Labute approximate surface area is 124 Å². The van der Waals surface area contributed by atoms with Gasteiger partial charge in [0.2, 0.25) is 5.91 Å². The van der Waals surface area contributed by atoms with Gasteiger partial charge in [-0.3, -0.25) is 9.59 Å². The second kappa shape index (κ2) is 7.28. The number of nitrogens with one attached hydrogen (secondary N) is 2. The van der Waals surface area contributed by atoms with Gasteiger partial charge in [0.25, 0.3) is 0 Å². The van der Waals surface area contributed by atoms with Gasteiger partial charge in [0.05, 0.1) is 5.92 Å². The third-order valence-corrected chi connectivity index (χ3v) is 3.72. The zero-order valence-corrected chi connectivity index (χ0v) is 12.6. The molecule has 1 aliphatic carbocycles. The number of aliphatic carboxylic acids is 1. The topological polar surface area (TPSA) is 122 Å². The molecule has 0 spiro atoms. The molecule has 21 heavy (non-hydrogen) atoms. The maximum Gasteiger partial charge on any atom is 0.315 e. The third kappa shape index (κ3) is 6.01. The van der Waals surface area contributed by atoms with E-state index in [0.29, 0.717) is 12.8 Å². The lowest BCUT2D eigenvalue weighted by Gasteiger charge is -2.28. The number of carboxylic acids is 1. The summed E-state index contributed by atoms with van der Waals surface area (Å²) < 4.78 is 0. The fourth-order valence-corrected chi connectivity index (χ4v) is 2.77. The van der Waals surface area contributed by atoms with E-state index in [1.54, 1.807) is 13.8 Å². The molecular formula is C14H25N3O4. The summed E-state index contributed by atoms with van der Waals surface area (Å²) >= 11 is 0. The average Bonchev–Trinajstić information content (AvgIpc) is 2.51. The van der Waals surface area contributed by atoms with Crippen LogP contribution in [-0.2, 0) is 9.59 Å². The molecule has 120 valence electrons. The van der Waals surface area contributed by atoms with Gasteiger partial charge in [-0.05, 0) is 26.7 Å². The summed E-state index contributed by atoms with van der Waals surface area (Å²) in [4.78, 5) is 34.3. The molecule has 3 amide bonds. The van der Waals surface area contributed by atoms with Gasteiger partial charge in [0, 0.05) is 18.0 Å². The molecule has 0 aliphatic heterocycles. The van der Waals surface area contributed by atoms with Gasteiger partial charge >= 0.3 is 12.0 Å². The van der Waals surface area contributed by atoms with Crippen LogP contribution in [-0.4, -0.2) is 34.6 Å². The Balaban J connectivity index is 2.62. The van der Waals surface area contributed by atoms with E-state index in [1.165, 1.54) is 0 Å². The number of amides is 3. The number of urea groups is 1. The van der Waals surface area contributed by atoms with Gasteiger partial charge < -0.3 is 21.5 Å². The Kier molecular flexibility index (Phi) is 5.99. The first kappa shape index (κ1) is 17.3. The number of carbonyl (C=O) groups is 3. The third-order valence-electron chi connectivity index (χ3n) is 3.72. The van der Waals surface area contributed by atoms with E-state index in [9.17, 15) is 19.5 Å². The van der Waals surface area contributed by atoms with Gasteiger partial charge in [0.1, 0.15) is 0 Å². The summed E-state index contributed by atoms with van der Waals surface area (Å²) in [6.45, 7) is 3.39. The fraction of sp³-hybridized carbons (Fsp3) is 0.786. The Bertz CT molecular complexity index is 409. The van der Waals surface area contributed by atoms with E-state index in [1.807, 2.05) is 0 Å². The summed E-state index contributed by atoms with van der Waals surface area (Å²) in [5.41, 5.74) is 4.37. The van der Waals surface area contributed by atoms with Crippen molar-refractivity contribution in [1.29, 1.82) is 0 Å². The predicted octanol–water partition coefficient (Wildman–Crippen LogP) is 0.973. The number of nitrogens with two attached hydrogens (primary N) is 1. The molecule has 0 aromatic rings. The number of carboxylic acid groups (broad SMARTS) is 1. The first-order valence-electron chi connectivity index (χ1n) is 7.31. The van der Waals surface area contributed by atoms with Crippen molar-refractivity contribution in [3.05, 3.63) is 0 Å². The van der Waals surface area contributed by atoms with Crippen LogP contribution in [0.3, 0.4) is 0 Å². The van der Waals surface area contributed by atoms with E-state index in [0.717, 1.165) is 19.3 Å². The van der Waals surface area contributed by atoms with Crippen LogP contribution in [0.4, 0.5) is 4.79 Å². The predicted molar refractivity (Wildman–Crippen MR) is 77.6 cm³/mol. The second-order valence-corrected chi connectivity index (χ2v) is 6.31. The van der Waals surface area contributed by atoms with Gasteiger partial charge in [-0.15, -0.1) is 0 Å². The van der Waals surface area contributed by atoms with Crippen molar-refractivity contribution in [1.82, 2.24) is 10.6 Å². The number of hydrogen-bond donors (Lipinski definition) is 4. The Morgan fingerprint density at radius 1 is 1.19 bits per heavy atom. The van der Waals surface area contributed by atoms with Gasteiger partial charge in [-0.1, -0.05) is 19.3 Å². The fourth-order valence-electron chi connectivity index (χ4n) is 2.77. The minimum atomic E-state index is -0.876. The summed E-state index contributed by atoms with van der Waals surface area (Å²) in [5, 5.41) is 14.7. The largest absolute Gasteiger partial charge is 0.481 e. The monoisotopic (exact) mass is 299 g/mol. The van der Waals surface area contributed by atoms with E-state index < -0.39 is 29.4 Å². The summed E-state index contributed by atoms with van der Waals surface area (Å²) in [6, 6.07) is -0.839. The van der Waals surface area contributed by atoms with E-state index in [2.05, 4.69) is 10.6 Å². The van der Waals surface area contributed by atoms with Crippen LogP contribution in [0.5, 0.6) is 0 Å². The van der Waals surface area contributed by atoms with Crippen molar-refractivity contribution < 1.29 is 19.5 Å². The van der Waals surface area contributed by atoms with Gasteiger partial charge in [-0.2, -0.15) is 0 Å². The standard InChI is InChI=1S/C14H25N3O4/c1-14(2,8-11(15)18)17-13(21)16-10-7-5-3-4-6-9(10)12(19)20/h9-10H,3-8H2,1-2H3,(H2,15,18)(H,19,20)(H2,16,17,21). The zero-order valence-electron chi connectivity index (χ0n) is 12.6. The molecule has 0 saturated heterocycles. The minimum absolute atomic E-state index is 0.0213. The van der Waals surface area contributed by atoms with Crippen LogP contribution in [0.15, 0.2) is 0 Å². The van der Waals surface area contributed by atoms with Crippen LogP contribution in [0.1, 0.15) is 52.4 Å². The summed E-state index contributed by atoms with van der Waals surface area (Å²) in [5.74, 6) is -1.94. The zero-order chi connectivity index (χ0) is 16.0. The molecule has 0 heterocycles. The SMILES string of the molecule is CC(C)(CC(N)=O)NC(=O)NC1CCCCCC1C(=O)O. The molecule has 1 saturated carbocycles. The minimum Gasteiger partial charge on any atom is -0.481 e. The first-order chi connectivity index (χ1) is 9.71. The smallest absolute Gasteiger partial charge is 0.315 e. The number of primary amides is 1. The Morgan fingerprint density at radius 2 is 1.81 bits per heavy atom. The molecule has 2 unspecified atom stereocenters. The van der Waals surface area contributed by atoms with Crippen LogP contribution in [0.25, 0.3) is 0 Å². The molecule has 2 atom stereocenters. The molecule has 7 nitrogen and oxygen atoms in total. The van der Waals surface area contributed by atoms with E-state index >= 15 is 0 Å². The molecule has 1 rings (SSSR count). The maximum atomic E-state index is 12.0. The van der Waals surface area contributed by atoms with Gasteiger partial charge in [0.15, 0.2) is 0 Å². The molecule has 0 aromatic heterocycles. The van der Waals surface area contributed by atoms with Crippen molar-refractivity contribution in [2.75, 3.05) is 0 Å².